The molecule has 1 aromatic carbocycles. The minimum atomic E-state index is -4.57. The van der Waals surface area contributed by atoms with Gasteiger partial charge in [0.05, 0.1) is 0 Å². The van der Waals surface area contributed by atoms with Crippen LogP contribution < -0.4 is 0 Å². The number of carbonyl (C=O) groups is 1. The predicted molar refractivity (Wildman–Crippen MR) is 88.2 cm³/mol. The second-order valence-corrected chi connectivity index (χ2v) is 7.73. The fraction of sp³-hybridized carbons (Fsp3) is 0.400. The molecule has 0 saturated carbocycles. The van der Waals surface area contributed by atoms with Crippen molar-refractivity contribution in [2.45, 2.75) is 12.6 Å². The van der Waals surface area contributed by atoms with Crippen molar-refractivity contribution in [3.05, 3.63) is 40.3 Å². The molecule has 0 aliphatic carbocycles. The summed E-state index contributed by atoms with van der Waals surface area (Å²) >= 11 is 5.75. The van der Waals surface area contributed by atoms with E-state index in [4.69, 9.17) is 11.6 Å². The van der Waals surface area contributed by atoms with Crippen molar-refractivity contribution in [3.63, 3.8) is 0 Å². The summed E-state index contributed by atoms with van der Waals surface area (Å²) in [5.41, 5.74) is 0.645. The highest BCUT2D eigenvalue weighted by atomic mass is 35.5. The van der Waals surface area contributed by atoms with Gasteiger partial charge < -0.3 is 4.90 Å². The molecule has 138 valence electrons. The fourth-order valence-electron chi connectivity index (χ4n) is 2.30. The van der Waals surface area contributed by atoms with Gasteiger partial charge in [0.25, 0.3) is 0 Å². The largest absolute Gasteiger partial charge is 0.397 e. The Hall–Kier alpha value is -1.58. The standard InChI is InChI=1S/C15H16ClF3N2O3S/c16-13-3-1-12(2-4-13)5-10-25(23,24)21-8-6-20(7-9-21)14(22)11-15(17,18)19/h1-5,10H,6-9,11H2. The van der Waals surface area contributed by atoms with Crippen LogP contribution in [0, 0.1) is 0 Å². The van der Waals surface area contributed by atoms with Crippen molar-refractivity contribution < 1.29 is 26.4 Å². The lowest BCUT2D eigenvalue weighted by atomic mass is 10.2. The quantitative estimate of drug-likeness (QED) is 0.786. The molecule has 0 bridgehead atoms. The second-order valence-electron chi connectivity index (χ2n) is 5.47. The van der Waals surface area contributed by atoms with Gasteiger partial charge in [-0.05, 0) is 23.8 Å². The van der Waals surface area contributed by atoms with Gasteiger partial charge in [0.2, 0.25) is 15.9 Å². The van der Waals surface area contributed by atoms with Crippen LogP contribution in [0.1, 0.15) is 12.0 Å². The number of nitrogens with zero attached hydrogens (tertiary/aromatic N) is 2. The Labute approximate surface area is 148 Å². The van der Waals surface area contributed by atoms with Gasteiger partial charge >= 0.3 is 6.18 Å². The summed E-state index contributed by atoms with van der Waals surface area (Å²) in [6, 6.07) is 6.56. The molecule has 5 nitrogen and oxygen atoms in total. The topological polar surface area (TPSA) is 57.7 Å². The van der Waals surface area contributed by atoms with E-state index >= 15 is 0 Å². The van der Waals surface area contributed by atoms with E-state index in [2.05, 4.69) is 0 Å². The van der Waals surface area contributed by atoms with Crippen LogP contribution in [-0.4, -0.2) is 55.9 Å². The maximum absolute atomic E-state index is 12.3. The Morgan fingerprint density at radius 2 is 1.68 bits per heavy atom. The molecule has 1 fully saturated rings. The number of sulfonamides is 1. The van der Waals surface area contributed by atoms with Gasteiger partial charge in [0.1, 0.15) is 6.42 Å². The van der Waals surface area contributed by atoms with Crippen LogP contribution in [0.15, 0.2) is 29.7 Å². The molecule has 10 heteroatoms. The number of benzene rings is 1. The molecule has 1 saturated heterocycles. The SMILES string of the molecule is O=C(CC(F)(F)F)N1CCN(S(=O)(=O)C=Cc2ccc(Cl)cc2)CC1. The van der Waals surface area contributed by atoms with Crippen LogP contribution in [0.3, 0.4) is 0 Å². The van der Waals surface area contributed by atoms with Gasteiger partial charge in [-0.25, -0.2) is 8.42 Å². The summed E-state index contributed by atoms with van der Waals surface area (Å²) in [5, 5.41) is 1.56. The summed E-state index contributed by atoms with van der Waals surface area (Å²) in [6.07, 6.45) is -4.69. The third-order valence-electron chi connectivity index (χ3n) is 3.61. The highest BCUT2D eigenvalue weighted by Gasteiger charge is 2.35. The molecule has 1 heterocycles. The zero-order valence-electron chi connectivity index (χ0n) is 13.0. The molecule has 0 N–H and O–H groups in total. The summed E-state index contributed by atoms with van der Waals surface area (Å²) < 4.78 is 62.4. The van der Waals surface area contributed by atoms with Gasteiger partial charge in [-0.3, -0.25) is 4.79 Å². The summed E-state index contributed by atoms with van der Waals surface area (Å²) in [6.45, 7) is -0.223. The number of hydrogen-bond donors (Lipinski definition) is 0. The number of hydrogen-bond acceptors (Lipinski definition) is 3. The first-order chi connectivity index (χ1) is 11.6. The maximum Gasteiger partial charge on any atom is 0.397 e. The van der Waals surface area contributed by atoms with Crippen LogP contribution >= 0.6 is 11.6 Å². The average molecular weight is 397 g/mol. The molecule has 0 aromatic heterocycles. The average Bonchev–Trinajstić information content (AvgIpc) is 2.53. The first-order valence-electron chi connectivity index (χ1n) is 7.35. The van der Waals surface area contributed by atoms with Crippen molar-refractivity contribution >= 4 is 33.6 Å². The number of amides is 1. The Morgan fingerprint density at radius 3 is 2.20 bits per heavy atom. The van der Waals surface area contributed by atoms with Gasteiger partial charge in [0.15, 0.2) is 0 Å². The van der Waals surface area contributed by atoms with E-state index in [-0.39, 0.29) is 26.2 Å². The first-order valence-corrected chi connectivity index (χ1v) is 9.23. The lowest BCUT2D eigenvalue weighted by Crippen LogP contribution is -2.50. The molecule has 1 amide bonds. The lowest BCUT2D eigenvalue weighted by molar-refractivity contribution is -0.162. The monoisotopic (exact) mass is 396 g/mol. The molecule has 0 radical (unpaired) electrons. The smallest absolute Gasteiger partial charge is 0.340 e. The minimum Gasteiger partial charge on any atom is -0.340 e. The van der Waals surface area contributed by atoms with E-state index in [0.717, 1.165) is 14.6 Å². The van der Waals surface area contributed by atoms with E-state index < -0.39 is 28.5 Å². The van der Waals surface area contributed by atoms with Crippen molar-refractivity contribution in [1.82, 2.24) is 9.21 Å². The van der Waals surface area contributed by atoms with E-state index in [1.165, 1.54) is 6.08 Å². The Balaban J connectivity index is 1.94. The molecule has 25 heavy (non-hydrogen) atoms. The van der Waals surface area contributed by atoms with Gasteiger partial charge in [-0.15, -0.1) is 0 Å². The Bertz CT molecular complexity index is 740. The first kappa shape index (κ1) is 19.7. The van der Waals surface area contributed by atoms with Gasteiger partial charge in [-0.2, -0.15) is 17.5 Å². The normalized spacial score (nSPS) is 17.2. The Kier molecular flexibility index (Phi) is 6.12. The minimum absolute atomic E-state index is 0.0448. The van der Waals surface area contributed by atoms with Crippen molar-refractivity contribution in [2.75, 3.05) is 26.2 Å². The highest BCUT2D eigenvalue weighted by molar-refractivity contribution is 7.92. The summed E-state index contributed by atoms with van der Waals surface area (Å²) in [4.78, 5) is 12.6. The number of rotatable bonds is 4. The van der Waals surface area contributed by atoms with E-state index in [1.807, 2.05) is 0 Å². The third-order valence-corrected chi connectivity index (χ3v) is 5.42. The lowest BCUT2D eigenvalue weighted by Gasteiger charge is -2.33. The van der Waals surface area contributed by atoms with Crippen molar-refractivity contribution in [2.24, 2.45) is 0 Å². The zero-order valence-corrected chi connectivity index (χ0v) is 14.6. The van der Waals surface area contributed by atoms with E-state index in [9.17, 15) is 26.4 Å². The molecule has 2 rings (SSSR count). The molecule has 1 aliphatic heterocycles. The summed E-state index contributed by atoms with van der Waals surface area (Å²) in [7, 11) is -3.72. The van der Waals surface area contributed by atoms with Crippen LogP contribution in [0.5, 0.6) is 0 Å². The molecule has 0 spiro atoms. The van der Waals surface area contributed by atoms with Crippen LogP contribution in [0.4, 0.5) is 13.2 Å². The summed E-state index contributed by atoms with van der Waals surface area (Å²) in [5.74, 6) is -1.04. The predicted octanol–water partition coefficient (Wildman–Crippen LogP) is 2.74. The highest BCUT2D eigenvalue weighted by Crippen LogP contribution is 2.21. The van der Waals surface area contributed by atoms with Gasteiger partial charge in [0, 0.05) is 36.6 Å². The molecular formula is C15H16ClF3N2O3S. The number of piperazine rings is 1. The molecule has 0 atom stereocenters. The van der Waals surface area contributed by atoms with Crippen molar-refractivity contribution in [3.8, 4) is 0 Å². The third kappa shape index (κ3) is 6.02. The van der Waals surface area contributed by atoms with Crippen LogP contribution in [0.2, 0.25) is 5.02 Å². The van der Waals surface area contributed by atoms with E-state index in [1.54, 1.807) is 24.3 Å². The van der Waals surface area contributed by atoms with Crippen molar-refractivity contribution in [1.29, 1.82) is 0 Å². The molecule has 0 unspecified atom stereocenters. The van der Waals surface area contributed by atoms with E-state index in [0.29, 0.717) is 10.6 Å². The van der Waals surface area contributed by atoms with Crippen LogP contribution in [-0.2, 0) is 14.8 Å². The molecule has 1 aliphatic rings. The fourth-order valence-corrected chi connectivity index (χ4v) is 3.60. The zero-order chi connectivity index (χ0) is 18.7. The molecule has 1 aromatic rings. The second kappa shape index (κ2) is 7.76. The number of alkyl halides is 3. The number of halogens is 4. The van der Waals surface area contributed by atoms with Crippen LogP contribution in [0.25, 0.3) is 6.08 Å². The molecular weight excluding hydrogens is 381 g/mol. The maximum atomic E-state index is 12.3. The Morgan fingerprint density at radius 1 is 1.12 bits per heavy atom. The number of carbonyl (C=O) groups excluding carboxylic acids is 1. The van der Waals surface area contributed by atoms with Gasteiger partial charge in [-0.1, -0.05) is 23.7 Å².